The fraction of sp³-hybridized carbons (Fsp3) is 0.407. The van der Waals surface area contributed by atoms with Crippen LogP contribution >= 0.6 is 24.8 Å². The van der Waals surface area contributed by atoms with Crippen molar-refractivity contribution in [3.8, 4) is 22.3 Å². The Balaban J connectivity index is 0.000000360. The quantitative estimate of drug-likeness (QED) is 0.115. The van der Waals surface area contributed by atoms with Crippen LogP contribution in [0.15, 0.2) is 121 Å². The molecule has 0 atom stereocenters. The standard InChI is InChI=1S/2C26H31.2CH3.2ClH.Si.Zr/c2*1-26(16-9-4-2-3-5-10-17-26)20-21-18-23-14-11-15-24(25(23)19-21)22-12-7-6-8-13-22;;;;;;/h2*6-8,11-15,18-19H,2-5,9-10,16-17,20H2,1H3;2*1H3;2*1H;;/q4*-1;;;;. The molecule has 0 heterocycles. The molecule has 8 rings (SSSR count). The van der Waals surface area contributed by atoms with Crippen molar-refractivity contribution in [2.24, 2.45) is 10.8 Å². The first-order valence-electron chi connectivity index (χ1n) is 21.2. The number of benzene rings is 4. The van der Waals surface area contributed by atoms with Crippen molar-refractivity contribution >= 4 is 53.2 Å². The van der Waals surface area contributed by atoms with Gasteiger partial charge in [-0.25, -0.2) is 0 Å². The summed E-state index contributed by atoms with van der Waals surface area (Å²) in [6.07, 6.45) is 25.1. The van der Waals surface area contributed by atoms with Crippen LogP contribution in [0.2, 0.25) is 0 Å². The third kappa shape index (κ3) is 14.5. The predicted octanol–water partition coefficient (Wildman–Crippen LogP) is 17.2. The van der Waals surface area contributed by atoms with E-state index in [1.165, 1.54) is 194 Å². The molecule has 0 amide bonds. The van der Waals surface area contributed by atoms with E-state index in [1.807, 2.05) is 0 Å². The Kier molecular flexibility index (Phi) is 23.4. The van der Waals surface area contributed by atoms with Crippen molar-refractivity contribution in [1.82, 2.24) is 0 Å². The van der Waals surface area contributed by atoms with E-state index in [2.05, 4.69) is 142 Å². The van der Waals surface area contributed by atoms with Gasteiger partial charge in [-0.1, -0.05) is 175 Å². The zero-order valence-electron chi connectivity index (χ0n) is 36.1. The topological polar surface area (TPSA) is 0 Å². The van der Waals surface area contributed by atoms with Crippen molar-refractivity contribution in [2.45, 2.75) is 129 Å². The van der Waals surface area contributed by atoms with Crippen molar-refractivity contribution in [2.75, 3.05) is 0 Å². The summed E-state index contributed by atoms with van der Waals surface area (Å²) in [4.78, 5) is 0. The van der Waals surface area contributed by atoms with E-state index in [1.54, 1.807) is 0 Å². The first kappa shape index (κ1) is 51.9. The first-order chi connectivity index (χ1) is 26.5. The molecule has 2 aliphatic carbocycles. The van der Waals surface area contributed by atoms with E-state index in [4.69, 9.17) is 0 Å². The van der Waals surface area contributed by atoms with Crippen molar-refractivity contribution in [1.29, 1.82) is 0 Å². The Morgan fingerprint density at radius 1 is 0.448 bits per heavy atom. The van der Waals surface area contributed by atoms with Gasteiger partial charge in [-0.3, -0.25) is 0 Å². The minimum absolute atomic E-state index is 0. The molecule has 2 saturated carbocycles. The maximum atomic E-state index is 3.06. The number of hydrogen-bond acceptors (Lipinski definition) is 0. The van der Waals surface area contributed by atoms with Gasteiger partial charge in [-0.15, -0.1) is 93.9 Å². The Labute approximate surface area is 383 Å². The molecule has 0 nitrogen and oxygen atoms in total. The summed E-state index contributed by atoms with van der Waals surface area (Å²) in [6, 6.07) is 44.9. The predicted molar refractivity (Wildman–Crippen MR) is 261 cm³/mol. The van der Waals surface area contributed by atoms with Crippen LogP contribution < -0.4 is 0 Å². The number of rotatable bonds is 6. The minimum atomic E-state index is 0. The van der Waals surface area contributed by atoms with Crippen LogP contribution in [0.25, 0.3) is 43.8 Å². The molecular formula is C54H70Cl2SiZr-4. The number of fused-ring (bicyclic) bond motifs is 2. The number of hydrogen-bond donors (Lipinski definition) is 0. The van der Waals surface area contributed by atoms with E-state index in [9.17, 15) is 0 Å². The molecule has 58 heavy (non-hydrogen) atoms. The van der Waals surface area contributed by atoms with Crippen LogP contribution in [0.4, 0.5) is 0 Å². The molecule has 4 heteroatoms. The van der Waals surface area contributed by atoms with Gasteiger partial charge in [0.25, 0.3) is 0 Å². The Hall–Kier alpha value is -2.22. The van der Waals surface area contributed by atoms with Gasteiger partial charge in [-0.2, -0.15) is 12.1 Å². The zero-order valence-corrected chi connectivity index (χ0v) is 41.2. The van der Waals surface area contributed by atoms with Crippen LogP contribution in [0.3, 0.4) is 0 Å². The molecular weight excluding hydrogens is 839 g/mol. The molecule has 2 aliphatic rings. The van der Waals surface area contributed by atoms with Crippen LogP contribution in [-0.4, -0.2) is 6.88 Å². The second-order valence-corrected chi connectivity index (χ2v) is 17.3. The van der Waals surface area contributed by atoms with Gasteiger partial charge < -0.3 is 14.9 Å². The van der Waals surface area contributed by atoms with Gasteiger partial charge in [0.15, 0.2) is 0 Å². The molecule has 2 radical (unpaired) electrons. The monoisotopic (exact) mass is 906 g/mol. The van der Waals surface area contributed by atoms with Gasteiger partial charge in [0.1, 0.15) is 0 Å². The fourth-order valence-corrected chi connectivity index (χ4v) is 9.75. The Morgan fingerprint density at radius 3 is 1.09 bits per heavy atom. The van der Waals surface area contributed by atoms with Gasteiger partial charge in [0.05, 0.1) is 0 Å². The van der Waals surface area contributed by atoms with E-state index < -0.39 is 0 Å². The van der Waals surface area contributed by atoms with E-state index >= 15 is 0 Å². The van der Waals surface area contributed by atoms with Crippen molar-refractivity contribution in [3.63, 3.8) is 0 Å². The molecule has 0 aromatic heterocycles. The second kappa shape index (κ2) is 26.2. The van der Waals surface area contributed by atoms with Gasteiger partial charge in [0, 0.05) is 0 Å². The molecule has 2 fully saturated rings. The summed E-state index contributed by atoms with van der Waals surface area (Å²) >= 11 is 1.36. The average molecular weight is 909 g/mol. The van der Waals surface area contributed by atoms with Crippen LogP contribution in [0.1, 0.15) is 128 Å². The molecule has 0 N–H and O–H groups in total. The Morgan fingerprint density at radius 2 is 0.759 bits per heavy atom. The van der Waals surface area contributed by atoms with Crippen molar-refractivity contribution < 1.29 is 23.3 Å². The molecule has 0 bridgehead atoms. The normalized spacial score (nSPS) is 16.4. The summed E-state index contributed by atoms with van der Waals surface area (Å²) in [5, 5.41) is 5.63. The fourth-order valence-electron chi connectivity index (χ4n) is 9.75. The van der Waals surface area contributed by atoms with Gasteiger partial charge >= 0.3 is 30.2 Å². The summed E-state index contributed by atoms with van der Waals surface area (Å²) < 4.78 is 0. The van der Waals surface area contributed by atoms with E-state index in [0.717, 1.165) is 0 Å². The summed E-state index contributed by atoms with van der Waals surface area (Å²) in [6.45, 7) is 8.13. The first-order valence-corrected chi connectivity index (χ1v) is 25.4. The zero-order chi connectivity index (χ0) is 37.6. The third-order valence-electron chi connectivity index (χ3n) is 12.7. The average Bonchev–Trinajstić information content (AvgIpc) is 3.85. The van der Waals surface area contributed by atoms with Gasteiger partial charge in [0.2, 0.25) is 0 Å². The van der Waals surface area contributed by atoms with Crippen LogP contribution in [0, 0.1) is 25.7 Å². The Bertz CT molecular complexity index is 1840. The molecule has 0 saturated heterocycles. The van der Waals surface area contributed by atoms with Gasteiger partial charge in [-0.05, 0) is 60.5 Å². The molecule has 0 aliphatic heterocycles. The van der Waals surface area contributed by atoms with E-state index in [0.29, 0.717) is 10.8 Å². The van der Waals surface area contributed by atoms with E-state index in [-0.39, 0.29) is 39.7 Å². The maximum absolute atomic E-state index is 3.06. The van der Waals surface area contributed by atoms with Crippen molar-refractivity contribution in [3.05, 3.63) is 147 Å². The molecule has 0 unspecified atom stereocenters. The molecule has 6 aromatic rings. The molecule has 0 spiro atoms. The number of halogens is 2. The third-order valence-corrected chi connectivity index (χ3v) is 12.7. The second-order valence-electron chi connectivity index (χ2n) is 17.3. The van der Waals surface area contributed by atoms with Crippen LogP contribution in [-0.2, 0) is 36.2 Å². The van der Waals surface area contributed by atoms with Crippen LogP contribution in [0.5, 0.6) is 0 Å². The summed E-state index contributed by atoms with van der Waals surface area (Å²) in [5.74, 6) is 0. The SMILES string of the molecule is CC1(Cc2cc3c(-c4ccccc4)cccc3[cH-]2)CCCCCCCC1.CC1(Cc2cc3c(-c4ccccc4)cccc3[cH-]2)CCCCCCCC1.Cl.Cl.[CH3-].[CH3-].[Si]=[Zr]. The molecule has 6 aromatic carbocycles. The summed E-state index contributed by atoms with van der Waals surface area (Å²) in [5.41, 5.74) is 9.40. The summed E-state index contributed by atoms with van der Waals surface area (Å²) in [7, 11) is 0. The molecule has 312 valence electrons.